The summed E-state index contributed by atoms with van der Waals surface area (Å²) in [6, 6.07) is 8.70. The molecule has 0 amide bonds. The highest BCUT2D eigenvalue weighted by Crippen LogP contribution is 2.37. The summed E-state index contributed by atoms with van der Waals surface area (Å²) >= 11 is 12.5. The van der Waals surface area contributed by atoms with E-state index in [-0.39, 0.29) is 49.6 Å². The summed E-state index contributed by atoms with van der Waals surface area (Å²) in [7, 11) is -7.00. The summed E-state index contributed by atoms with van der Waals surface area (Å²) in [6.07, 6.45) is 1.92. The van der Waals surface area contributed by atoms with Gasteiger partial charge in [-0.25, -0.2) is 16.8 Å². The van der Waals surface area contributed by atoms with Crippen molar-refractivity contribution in [2.45, 2.75) is 43.4 Å². The highest BCUT2D eigenvalue weighted by Gasteiger charge is 2.22. The molecule has 2 aromatic rings. The molecule has 0 fully saturated rings. The van der Waals surface area contributed by atoms with E-state index in [4.69, 9.17) is 32.7 Å². The van der Waals surface area contributed by atoms with Gasteiger partial charge in [0.25, 0.3) is 0 Å². The second-order valence-corrected chi connectivity index (χ2v) is 12.7. The van der Waals surface area contributed by atoms with Crippen molar-refractivity contribution < 1.29 is 26.3 Å². The number of benzene rings is 2. The molecule has 0 bridgehead atoms. The molecule has 0 saturated carbocycles. The van der Waals surface area contributed by atoms with E-state index in [1.54, 1.807) is 26.0 Å². The number of halogens is 2. The Labute approximate surface area is 200 Å². The molecule has 0 aliphatic heterocycles. The first-order valence-corrected chi connectivity index (χ1v) is 14.4. The van der Waals surface area contributed by atoms with E-state index in [9.17, 15) is 16.8 Å². The van der Waals surface area contributed by atoms with E-state index in [0.717, 1.165) is 12.8 Å². The lowest BCUT2D eigenvalue weighted by molar-refractivity contribution is 0.272. The molecule has 0 N–H and O–H groups in total. The Morgan fingerprint density at radius 3 is 2.03 bits per heavy atom. The maximum Gasteiger partial charge on any atom is 0.206 e. The smallest absolute Gasteiger partial charge is 0.206 e. The van der Waals surface area contributed by atoms with Crippen molar-refractivity contribution in [2.75, 3.05) is 24.7 Å². The third kappa shape index (κ3) is 7.27. The zero-order chi connectivity index (χ0) is 23.9. The molecule has 2 aromatic carbocycles. The van der Waals surface area contributed by atoms with Crippen molar-refractivity contribution in [1.82, 2.24) is 0 Å². The van der Waals surface area contributed by atoms with Crippen molar-refractivity contribution in [3.63, 3.8) is 0 Å². The average Bonchev–Trinajstić information content (AvgIpc) is 2.73. The minimum atomic E-state index is -3.86. The number of unbranched alkanes of at least 4 members (excludes halogenated alkanes) is 1. The number of ether oxygens (including phenoxy) is 2. The van der Waals surface area contributed by atoms with E-state index < -0.39 is 19.7 Å². The molecule has 0 aliphatic rings. The Hall–Kier alpha value is -1.48. The van der Waals surface area contributed by atoms with E-state index >= 15 is 0 Å². The zero-order valence-corrected chi connectivity index (χ0v) is 21.5. The van der Waals surface area contributed by atoms with Gasteiger partial charge in [0.2, 0.25) is 9.84 Å². The van der Waals surface area contributed by atoms with Crippen LogP contribution >= 0.6 is 23.2 Å². The fraction of sp³-hybridized carbons (Fsp3) is 0.455. The Bertz CT molecular complexity index is 1090. The quantitative estimate of drug-likeness (QED) is 0.344. The normalized spacial score (nSPS) is 13.0. The summed E-state index contributed by atoms with van der Waals surface area (Å²) in [6.45, 7) is 6.03. The van der Waals surface area contributed by atoms with E-state index in [0.29, 0.717) is 12.4 Å². The molecule has 178 valence electrons. The molecule has 0 heterocycles. The van der Waals surface area contributed by atoms with Crippen molar-refractivity contribution >= 4 is 42.9 Å². The Kier molecular flexibility index (Phi) is 9.69. The minimum Gasteiger partial charge on any atom is -0.494 e. The van der Waals surface area contributed by atoms with E-state index in [1.807, 2.05) is 0 Å². The maximum atomic E-state index is 13.0. The third-order valence-corrected chi connectivity index (χ3v) is 8.94. The van der Waals surface area contributed by atoms with Gasteiger partial charge in [0.1, 0.15) is 15.6 Å². The predicted molar refractivity (Wildman–Crippen MR) is 128 cm³/mol. The van der Waals surface area contributed by atoms with Gasteiger partial charge in [0.15, 0.2) is 5.75 Å². The lowest BCUT2D eigenvalue weighted by Gasteiger charge is -2.16. The predicted octanol–water partition coefficient (Wildman–Crippen LogP) is 5.45. The van der Waals surface area contributed by atoms with Crippen LogP contribution in [0, 0.1) is 5.92 Å². The molecule has 0 saturated heterocycles. The van der Waals surface area contributed by atoms with Gasteiger partial charge in [-0.3, -0.25) is 0 Å². The van der Waals surface area contributed by atoms with Gasteiger partial charge in [-0.1, -0.05) is 50.4 Å². The van der Waals surface area contributed by atoms with Gasteiger partial charge < -0.3 is 9.47 Å². The Morgan fingerprint density at radius 1 is 0.906 bits per heavy atom. The number of rotatable bonds is 12. The summed E-state index contributed by atoms with van der Waals surface area (Å²) in [5.74, 6) is 0.457. The maximum absolute atomic E-state index is 13.0. The van der Waals surface area contributed by atoms with Crippen LogP contribution in [0.2, 0.25) is 10.0 Å². The summed E-state index contributed by atoms with van der Waals surface area (Å²) in [5, 5.41) is 0.0577. The summed E-state index contributed by atoms with van der Waals surface area (Å²) in [4.78, 5) is 0.0145. The minimum absolute atomic E-state index is 0.0244. The van der Waals surface area contributed by atoms with Gasteiger partial charge in [-0.05, 0) is 42.8 Å². The first-order valence-electron chi connectivity index (χ1n) is 10.3. The molecule has 0 aliphatic carbocycles. The summed E-state index contributed by atoms with van der Waals surface area (Å²) in [5.41, 5.74) is 0. The lowest BCUT2D eigenvalue weighted by Crippen LogP contribution is -2.21. The fourth-order valence-electron chi connectivity index (χ4n) is 2.84. The van der Waals surface area contributed by atoms with Gasteiger partial charge in [0, 0.05) is 11.7 Å². The second kappa shape index (κ2) is 11.6. The van der Waals surface area contributed by atoms with Crippen LogP contribution in [0.5, 0.6) is 11.5 Å². The second-order valence-electron chi connectivity index (χ2n) is 7.51. The SMILES string of the molecule is CCCCOc1ccc(S(=O)(=O)c2cc(Cl)c(OCC(C)CS(=O)(=O)CC)c(Cl)c2)cc1. The van der Waals surface area contributed by atoms with Gasteiger partial charge >= 0.3 is 0 Å². The number of sulfone groups is 2. The molecule has 1 atom stereocenters. The van der Waals surface area contributed by atoms with Crippen LogP contribution in [0.15, 0.2) is 46.2 Å². The van der Waals surface area contributed by atoms with Crippen molar-refractivity contribution in [3.05, 3.63) is 46.4 Å². The van der Waals surface area contributed by atoms with Crippen molar-refractivity contribution in [2.24, 2.45) is 5.92 Å². The molecular formula is C22H28Cl2O6S2. The van der Waals surface area contributed by atoms with Crippen LogP contribution in [0.1, 0.15) is 33.6 Å². The Balaban J connectivity index is 2.17. The monoisotopic (exact) mass is 522 g/mol. The molecule has 0 aromatic heterocycles. The summed E-state index contributed by atoms with van der Waals surface area (Å²) < 4.78 is 60.7. The molecule has 1 unspecified atom stereocenters. The highest BCUT2D eigenvalue weighted by atomic mass is 35.5. The van der Waals surface area contributed by atoms with Gasteiger partial charge in [-0.15, -0.1) is 0 Å². The van der Waals surface area contributed by atoms with Crippen LogP contribution in [0.3, 0.4) is 0 Å². The van der Waals surface area contributed by atoms with Gasteiger partial charge in [0.05, 0.1) is 38.8 Å². The standard InChI is InChI=1S/C22H28Cl2O6S2/c1-4-6-11-29-17-7-9-18(10-8-17)32(27,28)19-12-20(23)22(21(24)13-19)30-14-16(3)15-31(25,26)5-2/h7-10,12-13,16H,4-6,11,14-15H2,1-3H3. The van der Waals surface area contributed by atoms with Crippen molar-refractivity contribution in [3.8, 4) is 11.5 Å². The van der Waals surface area contributed by atoms with Crippen LogP contribution in [0.4, 0.5) is 0 Å². The van der Waals surface area contributed by atoms with Crippen LogP contribution in [-0.2, 0) is 19.7 Å². The van der Waals surface area contributed by atoms with Crippen molar-refractivity contribution in [1.29, 1.82) is 0 Å². The van der Waals surface area contributed by atoms with Crippen LogP contribution in [-0.4, -0.2) is 41.6 Å². The van der Waals surface area contributed by atoms with E-state index in [1.165, 1.54) is 24.3 Å². The van der Waals surface area contributed by atoms with Crippen LogP contribution in [0.25, 0.3) is 0 Å². The Morgan fingerprint density at radius 2 is 1.50 bits per heavy atom. The molecule has 0 radical (unpaired) electrons. The zero-order valence-electron chi connectivity index (χ0n) is 18.3. The molecule has 10 heteroatoms. The number of hydrogen-bond donors (Lipinski definition) is 0. The molecular weight excluding hydrogens is 495 g/mol. The highest BCUT2D eigenvalue weighted by molar-refractivity contribution is 7.91. The molecule has 6 nitrogen and oxygen atoms in total. The first-order chi connectivity index (χ1) is 15.0. The third-order valence-electron chi connectivity index (χ3n) is 4.67. The van der Waals surface area contributed by atoms with Gasteiger partial charge in [-0.2, -0.15) is 0 Å². The number of hydrogen-bond acceptors (Lipinski definition) is 6. The fourth-order valence-corrected chi connectivity index (χ4v) is 6.08. The molecule has 2 rings (SSSR count). The first kappa shape index (κ1) is 26.8. The molecule has 32 heavy (non-hydrogen) atoms. The lowest BCUT2D eigenvalue weighted by atomic mass is 10.2. The van der Waals surface area contributed by atoms with Crippen LogP contribution < -0.4 is 9.47 Å². The van der Waals surface area contributed by atoms with E-state index in [2.05, 4.69) is 6.92 Å². The average molecular weight is 524 g/mol. The largest absolute Gasteiger partial charge is 0.494 e. The molecule has 0 spiro atoms. The topological polar surface area (TPSA) is 86.7 Å².